The fourth-order valence-corrected chi connectivity index (χ4v) is 2.42. The van der Waals surface area contributed by atoms with E-state index in [1.165, 1.54) is 6.92 Å². The number of amides is 2. The lowest BCUT2D eigenvalue weighted by Gasteiger charge is -2.31. The Morgan fingerprint density at radius 2 is 1.76 bits per heavy atom. The first kappa shape index (κ1) is 20.5. The second-order valence-electron chi connectivity index (χ2n) is 6.65. The minimum Gasteiger partial charge on any atom is -0.480 e. The predicted octanol–water partition coefficient (Wildman–Crippen LogP) is 2.31. The Balaban J connectivity index is 2.74. The quantitative estimate of drug-likeness (QED) is 0.667. The molecule has 2 atom stereocenters. The first-order valence-corrected chi connectivity index (χ1v) is 8.16. The van der Waals surface area contributed by atoms with Crippen molar-refractivity contribution in [1.82, 2.24) is 10.6 Å². The van der Waals surface area contributed by atoms with Crippen molar-refractivity contribution >= 4 is 18.0 Å². The van der Waals surface area contributed by atoms with Crippen molar-refractivity contribution in [2.45, 2.75) is 52.3 Å². The molecule has 0 aromatic heterocycles. The normalized spacial score (nSPS) is 14.3. The predicted molar refractivity (Wildman–Crippen MR) is 92.9 cm³/mol. The zero-order chi connectivity index (χ0) is 19.0. The molecule has 0 bridgehead atoms. The minimum atomic E-state index is -1.27. The summed E-state index contributed by atoms with van der Waals surface area (Å²) < 4.78 is 5.16. The molecule has 7 nitrogen and oxygen atoms in total. The Hall–Kier alpha value is -2.57. The van der Waals surface area contributed by atoms with E-state index >= 15 is 0 Å². The number of nitrogens with one attached hydrogen (secondary N) is 2. The largest absolute Gasteiger partial charge is 0.480 e. The maximum atomic E-state index is 12.5. The van der Waals surface area contributed by atoms with Gasteiger partial charge >= 0.3 is 12.1 Å². The molecule has 0 aliphatic rings. The average Bonchev–Trinajstić information content (AvgIpc) is 2.52. The van der Waals surface area contributed by atoms with Crippen molar-refractivity contribution in [3.8, 4) is 0 Å². The molecule has 25 heavy (non-hydrogen) atoms. The third-order valence-corrected chi connectivity index (χ3v) is 3.63. The smallest absolute Gasteiger partial charge is 0.408 e. The number of carbonyl (C=O) groups excluding carboxylic acids is 2. The van der Waals surface area contributed by atoms with Crippen molar-refractivity contribution < 1.29 is 24.2 Å². The van der Waals surface area contributed by atoms with E-state index in [0.717, 1.165) is 5.56 Å². The number of benzene rings is 1. The van der Waals surface area contributed by atoms with Crippen molar-refractivity contribution in [2.75, 3.05) is 0 Å². The maximum Gasteiger partial charge on any atom is 0.408 e. The topological polar surface area (TPSA) is 105 Å². The van der Waals surface area contributed by atoms with E-state index in [-0.39, 0.29) is 12.5 Å². The maximum absolute atomic E-state index is 12.5. The summed E-state index contributed by atoms with van der Waals surface area (Å²) in [6.07, 6.45) is -0.392. The molecule has 1 aromatic rings. The zero-order valence-electron chi connectivity index (χ0n) is 15.0. The standard InChI is InChI=1S/C18H26N2O5/c1-12(2)10-18(4,16(23)19-13(3)15(21)22)20-17(24)25-11-14-8-6-5-7-9-14/h5-9,12-13H,10-11H2,1-4H3,(H,19,23)(H,20,24)(H,21,22)/t13-,18?/m0/s1. The summed E-state index contributed by atoms with van der Waals surface area (Å²) in [5.41, 5.74) is -0.446. The van der Waals surface area contributed by atoms with Crippen LogP contribution in [0, 0.1) is 5.92 Å². The van der Waals surface area contributed by atoms with E-state index in [2.05, 4.69) is 10.6 Å². The molecule has 0 saturated carbocycles. The summed E-state index contributed by atoms with van der Waals surface area (Å²) in [7, 11) is 0. The van der Waals surface area contributed by atoms with Gasteiger partial charge in [0.05, 0.1) is 0 Å². The number of aliphatic carboxylic acids is 1. The third-order valence-electron chi connectivity index (χ3n) is 3.63. The van der Waals surface area contributed by atoms with Gasteiger partial charge in [0.25, 0.3) is 0 Å². The molecule has 0 aliphatic heterocycles. The molecule has 1 rings (SSSR count). The van der Waals surface area contributed by atoms with E-state index < -0.39 is 29.6 Å². The fraction of sp³-hybridized carbons (Fsp3) is 0.500. The summed E-state index contributed by atoms with van der Waals surface area (Å²) in [5.74, 6) is -1.61. The number of carboxylic acids is 1. The van der Waals surface area contributed by atoms with Crippen LogP contribution in [-0.4, -0.2) is 34.7 Å². The number of hydrogen-bond acceptors (Lipinski definition) is 4. The van der Waals surface area contributed by atoms with Gasteiger partial charge in [-0.25, -0.2) is 4.79 Å². The molecule has 7 heteroatoms. The average molecular weight is 350 g/mol. The number of alkyl carbamates (subject to hydrolysis) is 1. The summed E-state index contributed by atoms with van der Waals surface area (Å²) in [6, 6.07) is 8.11. The summed E-state index contributed by atoms with van der Waals surface area (Å²) in [5, 5.41) is 13.9. The van der Waals surface area contributed by atoms with Gasteiger partial charge in [0.1, 0.15) is 18.2 Å². The second kappa shape index (κ2) is 9.05. The van der Waals surface area contributed by atoms with E-state index in [9.17, 15) is 14.4 Å². The third kappa shape index (κ3) is 6.82. The van der Waals surface area contributed by atoms with Crippen molar-refractivity contribution in [3.05, 3.63) is 35.9 Å². The highest BCUT2D eigenvalue weighted by Gasteiger charge is 2.37. The molecule has 0 fully saturated rings. The highest BCUT2D eigenvalue weighted by molar-refractivity contribution is 5.92. The fourth-order valence-electron chi connectivity index (χ4n) is 2.42. The molecular weight excluding hydrogens is 324 g/mol. The Kier molecular flexibility index (Phi) is 7.42. The molecule has 0 heterocycles. The SMILES string of the molecule is CC(C)CC(C)(NC(=O)OCc1ccccc1)C(=O)N[C@@H](C)C(=O)O. The van der Waals surface area contributed by atoms with Gasteiger partial charge in [0.15, 0.2) is 0 Å². The molecule has 0 aliphatic carbocycles. The van der Waals surface area contributed by atoms with Crippen molar-refractivity contribution in [3.63, 3.8) is 0 Å². The van der Waals surface area contributed by atoms with E-state index in [4.69, 9.17) is 9.84 Å². The number of ether oxygens (including phenoxy) is 1. The van der Waals surface area contributed by atoms with Crippen molar-refractivity contribution in [2.24, 2.45) is 5.92 Å². The first-order chi connectivity index (χ1) is 11.6. The molecule has 1 aromatic carbocycles. The Morgan fingerprint density at radius 1 is 1.16 bits per heavy atom. The second-order valence-corrected chi connectivity index (χ2v) is 6.65. The molecule has 0 radical (unpaired) electrons. The van der Waals surface area contributed by atoms with Crippen LogP contribution in [0.1, 0.15) is 39.7 Å². The Bertz CT molecular complexity index is 603. The van der Waals surface area contributed by atoms with Crippen LogP contribution in [0.25, 0.3) is 0 Å². The van der Waals surface area contributed by atoms with Gasteiger partial charge in [0, 0.05) is 0 Å². The van der Waals surface area contributed by atoms with Crippen LogP contribution >= 0.6 is 0 Å². The lowest BCUT2D eigenvalue weighted by atomic mass is 9.89. The van der Waals surface area contributed by atoms with Crippen LogP contribution in [0.4, 0.5) is 4.79 Å². The lowest BCUT2D eigenvalue weighted by molar-refractivity contribution is -0.142. The number of rotatable bonds is 8. The summed E-state index contributed by atoms with van der Waals surface area (Å²) >= 11 is 0. The summed E-state index contributed by atoms with van der Waals surface area (Å²) in [4.78, 5) is 35.5. The van der Waals surface area contributed by atoms with Crippen LogP contribution < -0.4 is 10.6 Å². The molecule has 0 saturated heterocycles. The number of carbonyl (C=O) groups is 3. The van der Waals surface area contributed by atoms with Gasteiger partial charge in [-0.2, -0.15) is 0 Å². The Labute approximate surface area is 147 Å². The van der Waals surface area contributed by atoms with Crippen LogP contribution in [0.5, 0.6) is 0 Å². The number of hydrogen-bond donors (Lipinski definition) is 3. The highest BCUT2D eigenvalue weighted by atomic mass is 16.5. The van der Waals surface area contributed by atoms with E-state index in [1.54, 1.807) is 6.92 Å². The van der Waals surface area contributed by atoms with Crippen LogP contribution in [0.15, 0.2) is 30.3 Å². The summed E-state index contributed by atoms with van der Waals surface area (Å²) in [6.45, 7) is 6.81. The van der Waals surface area contributed by atoms with Gasteiger partial charge < -0.3 is 20.5 Å². The van der Waals surface area contributed by atoms with Crippen LogP contribution in [0.2, 0.25) is 0 Å². The van der Waals surface area contributed by atoms with Crippen molar-refractivity contribution in [1.29, 1.82) is 0 Å². The monoisotopic (exact) mass is 350 g/mol. The van der Waals surface area contributed by atoms with Gasteiger partial charge in [-0.1, -0.05) is 44.2 Å². The van der Waals surface area contributed by atoms with Gasteiger partial charge in [-0.15, -0.1) is 0 Å². The number of carboxylic acid groups (broad SMARTS) is 1. The van der Waals surface area contributed by atoms with E-state index in [1.807, 2.05) is 44.2 Å². The van der Waals surface area contributed by atoms with Gasteiger partial charge in [-0.3, -0.25) is 9.59 Å². The highest BCUT2D eigenvalue weighted by Crippen LogP contribution is 2.18. The molecule has 3 N–H and O–H groups in total. The molecule has 138 valence electrons. The lowest BCUT2D eigenvalue weighted by Crippen LogP contribution is -2.59. The van der Waals surface area contributed by atoms with Crippen LogP contribution in [-0.2, 0) is 20.9 Å². The molecular formula is C18H26N2O5. The zero-order valence-corrected chi connectivity index (χ0v) is 15.0. The Morgan fingerprint density at radius 3 is 2.28 bits per heavy atom. The van der Waals surface area contributed by atoms with Gasteiger partial charge in [0.2, 0.25) is 5.91 Å². The van der Waals surface area contributed by atoms with Gasteiger partial charge in [-0.05, 0) is 31.7 Å². The molecule has 1 unspecified atom stereocenters. The first-order valence-electron chi connectivity index (χ1n) is 8.16. The minimum absolute atomic E-state index is 0.0809. The van der Waals surface area contributed by atoms with Crippen LogP contribution in [0.3, 0.4) is 0 Å². The van der Waals surface area contributed by atoms with E-state index in [0.29, 0.717) is 6.42 Å². The molecule has 2 amide bonds. The molecule has 0 spiro atoms.